The third-order valence-corrected chi connectivity index (χ3v) is 3.43. The molecule has 0 spiro atoms. The maximum Gasteiger partial charge on any atom is 0.312 e. The van der Waals surface area contributed by atoms with E-state index in [4.69, 9.17) is 16.0 Å². The number of aromatic hydroxyl groups is 1. The van der Waals surface area contributed by atoms with Crippen molar-refractivity contribution in [3.8, 4) is 17.4 Å². The zero-order valence-corrected chi connectivity index (χ0v) is 12.6. The molecule has 5 heteroatoms. The number of hydrogen-bond donors (Lipinski definition) is 1. The first-order chi connectivity index (χ1) is 10.6. The number of aliphatic imine (C=N–C) groups is 1. The van der Waals surface area contributed by atoms with E-state index in [2.05, 4.69) is 9.98 Å². The summed E-state index contributed by atoms with van der Waals surface area (Å²) in [5, 5.41) is 10.4. The lowest BCUT2D eigenvalue weighted by molar-refractivity contribution is 0.337. The van der Waals surface area contributed by atoms with Gasteiger partial charge in [-0.3, -0.25) is 4.99 Å². The van der Waals surface area contributed by atoms with E-state index >= 15 is 0 Å². The molecule has 3 aromatic rings. The predicted molar refractivity (Wildman–Crippen MR) is 87.0 cm³/mol. The summed E-state index contributed by atoms with van der Waals surface area (Å²) in [6, 6.07) is 14.8. The van der Waals surface area contributed by atoms with Gasteiger partial charge in [-0.15, -0.1) is 0 Å². The van der Waals surface area contributed by atoms with Crippen LogP contribution in [0, 0.1) is 6.92 Å². The summed E-state index contributed by atoms with van der Waals surface area (Å²) in [7, 11) is 0. The van der Waals surface area contributed by atoms with E-state index in [0.717, 1.165) is 11.1 Å². The number of aromatic nitrogens is 1. The van der Waals surface area contributed by atoms with Gasteiger partial charge in [0, 0.05) is 5.56 Å². The molecule has 0 amide bonds. The summed E-state index contributed by atoms with van der Waals surface area (Å²) in [6.45, 7) is 2.00. The maximum atomic E-state index is 9.84. The first-order valence-corrected chi connectivity index (χ1v) is 7.07. The van der Waals surface area contributed by atoms with Gasteiger partial charge < -0.3 is 9.52 Å². The Hall–Kier alpha value is -2.59. The van der Waals surface area contributed by atoms with Gasteiger partial charge in [0.15, 0.2) is 5.69 Å². The number of hydrogen-bond acceptors (Lipinski definition) is 4. The smallest absolute Gasteiger partial charge is 0.312 e. The number of halogens is 1. The van der Waals surface area contributed by atoms with Crippen LogP contribution in [-0.2, 0) is 0 Å². The fraction of sp³-hybridized carbons (Fsp3) is 0.0588. The quantitative estimate of drug-likeness (QED) is 0.709. The second-order valence-corrected chi connectivity index (χ2v) is 5.19. The molecule has 1 heterocycles. The van der Waals surface area contributed by atoms with Crippen molar-refractivity contribution in [2.24, 2.45) is 4.99 Å². The molecule has 0 atom stereocenters. The molecule has 0 radical (unpaired) electrons. The lowest BCUT2D eigenvalue weighted by atomic mass is 10.1. The Balaban J connectivity index is 1.90. The highest BCUT2D eigenvalue weighted by Gasteiger charge is 2.12. The van der Waals surface area contributed by atoms with E-state index in [9.17, 15) is 5.11 Å². The Morgan fingerprint density at radius 2 is 1.86 bits per heavy atom. The third-order valence-electron chi connectivity index (χ3n) is 3.11. The molecule has 110 valence electrons. The fourth-order valence-corrected chi connectivity index (χ4v) is 2.10. The van der Waals surface area contributed by atoms with Gasteiger partial charge in [0.25, 0.3) is 0 Å². The van der Waals surface area contributed by atoms with Crippen LogP contribution in [-0.4, -0.2) is 16.3 Å². The third kappa shape index (κ3) is 3.02. The Morgan fingerprint density at radius 1 is 1.14 bits per heavy atom. The molecule has 0 unspecified atom stereocenters. The number of para-hydroxylation sites is 1. The van der Waals surface area contributed by atoms with Crippen LogP contribution in [0.25, 0.3) is 11.5 Å². The molecular formula is C17H13ClN2O2. The van der Waals surface area contributed by atoms with Crippen LogP contribution in [0.15, 0.2) is 57.9 Å². The van der Waals surface area contributed by atoms with Crippen LogP contribution in [0.2, 0.25) is 5.02 Å². The van der Waals surface area contributed by atoms with Crippen molar-refractivity contribution < 1.29 is 9.52 Å². The average molecular weight is 313 g/mol. The van der Waals surface area contributed by atoms with Crippen molar-refractivity contribution in [2.75, 3.05) is 0 Å². The van der Waals surface area contributed by atoms with E-state index in [1.165, 1.54) is 6.21 Å². The van der Waals surface area contributed by atoms with Gasteiger partial charge in [0.05, 0.1) is 16.9 Å². The van der Waals surface area contributed by atoms with Crippen molar-refractivity contribution in [2.45, 2.75) is 6.92 Å². The lowest BCUT2D eigenvalue weighted by Gasteiger charge is -1.95. The van der Waals surface area contributed by atoms with Gasteiger partial charge in [-0.2, -0.15) is 0 Å². The first-order valence-electron chi connectivity index (χ1n) is 6.69. The molecule has 1 N–H and O–H groups in total. The number of aryl methyl sites for hydroxylation is 1. The normalized spacial score (nSPS) is 11.2. The Morgan fingerprint density at radius 3 is 2.59 bits per heavy atom. The highest BCUT2D eigenvalue weighted by molar-refractivity contribution is 6.33. The van der Waals surface area contributed by atoms with Crippen molar-refractivity contribution in [3.63, 3.8) is 0 Å². The summed E-state index contributed by atoms with van der Waals surface area (Å²) >= 11 is 6.03. The van der Waals surface area contributed by atoms with Crippen LogP contribution in [0.5, 0.6) is 5.95 Å². The van der Waals surface area contributed by atoms with Gasteiger partial charge >= 0.3 is 5.95 Å². The summed E-state index contributed by atoms with van der Waals surface area (Å²) < 4.78 is 5.28. The van der Waals surface area contributed by atoms with E-state index in [1.54, 1.807) is 12.1 Å². The Bertz CT molecular complexity index is 823. The Labute approximate surface area is 132 Å². The lowest BCUT2D eigenvalue weighted by Crippen LogP contribution is -1.83. The van der Waals surface area contributed by atoms with Gasteiger partial charge in [-0.25, -0.2) is 4.98 Å². The highest BCUT2D eigenvalue weighted by atomic mass is 35.5. The van der Waals surface area contributed by atoms with Crippen molar-refractivity contribution in [3.05, 3.63) is 64.8 Å². The minimum atomic E-state index is -0.272. The second-order valence-electron chi connectivity index (χ2n) is 4.79. The maximum absolute atomic E-state index is 9.84. The molecular weight excluding hydrogens is 300 g/mol. The minimum Gasteiger partial charge on any atom is -0.479 e. The molecule has 22 heavy (non-hydrogen) atoms. The van der Waals surface area contributed by atoms with Crippen molar-refractivity contribution >= 4 is 23.5 Å². The van der Waals surface area contributed by atoms with Crippen LogP contribution in [0.1, 0.15) is 11.3 Å². The molecule has 0 aliphatic carbocycles. The van der Waals surface area contributed by atoms with Crippen LogP contribution < -0.4 is 0 Å². The van der Waals surface area contributed by atoms with Crippen LogP contribution in [0.3, 0.4) is 0 Å². The molecule has 2 aromatic carbocycles. The van der Waals surface area contributed by atoms with Gasteiger partial charge in [-0.1, -0.05) is 41.4 Å². The second kappa shape index (κ2) is 6.03. The molecule has 1 aromatic heterocycles. The zero-order valence-electron chi connectivity index (χ0n) is 11.8. The zero-order chi connectivity index (χ0) is 15.5. The Kier molecular flexibility index (Phi) is 3.94. The van der Waals surface area contributed by atoms with Gasteiger partial charge in [0.2, 0.25) is 5.89 Å². The van der Waals surface area contributed by atoms with Gasteiger partial charge in [-0.05, 0) is 31.2 Å². The van der Waals surface area contributed by atoms with Crippen molar-refractivity contribution in [1.82, 2.24) is 4.98 Å². The summed E-state index contributed by atoms with van der Waals surface area (Å²) in [5.74, 6) is 0.0736. The predicted octanol–water partition coefficient (Wildman–Crippen LogP) is 4.76. The standard InChI is InChI=1S/C17H13ClN2O2/c1-11-6-8-12(9-7-11)16-20-15(17(21)22-16)10-19-14-5-3-2-4-13(14)18/h2-10,21H,1H3. The topological polar surface area (TPSA) is 58.6 Å². The first kappa shape index (κ1) is 14.4. The molecule has 4 nitrogen and oxygen atoms in total. The van der Waals surface area contributed by atoms with Crippen LogP contribution in [0.4, 0.5) is 5.69 Å². The monoisotopic (exact) mass is 312 g/mol. The molecule has 0 saturated heterocycles. The van der Waals surface area contributed by atoms with Crippen LogP contribution >= 0.6 is 11.6 Å². The number of benzene rings is 2. The van der Waals surface area contributed by atoms with E-state index in [-0.39, 0.29) is 11.6 Å². The number of oxazole rings is 1. The molecule has 0 saturated carbocycles. The fourth-order valence-electron chi connectivity index (χ4n) is 1.91. The molecule has 0 aliphatic heterocycles. The highest BCUT2D eigenvalue weighted by Crippen LogP contribution is 2.27. The number of nitrogens with zero attached hydrogens (tertiary/aromatic N) is 2. The average Bonchev–Trinajstić information content (AvgIpc) is 2.88. The summed E-state index contributed by atoms with van der Waals surface area (Å²) in [5.41, 5.74) is 2.79. The summed E-state index contributed by atoms with van der Waals surface area (Å²) in [6.07, 6.45) is 1.43. The van der Waals surface area contributed by atoms with E-state index in [0.29, 0.717) is 16.6 Å². The molecule has 0 bridgehead atoms. The summed E-state index contributed by atoms with van der Waals surface area (Å²) in [4.78, 5) is 8.46. The molecule has 3 rings (SSSR count). The largest absolute Gasteiger partial charge is 0.479 e. The number of rotatable bonds is 3. The van der Waals surface area contributed by atoms with E-state index < -0.39 is 0 Å². The van der Waals surface area contributed by atoms with Gasteiger partial charge in [0.1, 0.15) is 0 Å². The minimum absolute atomic E-state index is 0.260. The van der Waals surface area contributed by atoms with E-state index in [1.807, 2.05) is 43.3 Å². The SMILES string of the molecule is Cc1ccc(-c2nc(C=Nc3ccccc3Cl)c(O)o2)cc1. The van der Waals surface area contributed by atoms with Crippen molar-refractivity contribution in [1.29, 1.82) is 0 Å². The molecule has 0 fully saturated rings. The molecule has 0 aliphatic rings.